The molecular weight excluding hydrogens is 376 g/mol. The summed E-state index contributed by atoms with van der Waals surface area (Å²) >= 11 is 2.35. The largest absolute Gasteiger partial charge is 0.497 e. The summed E-state index contributed by atoms with van der Waals surface area (Å²) in [4.78, 5) is 37.8. The lowest BCUT2D eigenvalue weighted by molar-refractivity contribution is -0.129. The summed E-state index contributed by atoms with van der Waals surface area (Å²) in [5.74, 6) is 0.930. The highest BCUT2D eigenvalue weighted by atomic mass is 32.2. The van der Waals surface area contributed by atoms with Crippen molar-refractivity contribution in [3.05, 3.63) is 34.7 Å². The van der Waals surface area contributed by atoms with Gasteiger partial charge in [-0.05, 0) is 35.5 Å². The number of rotatable bonds is 5. The van der Waals surface area contributed by atoms with Crippen LogP contribution in [0.2, 0.25) is 0 Å². The van der Waals surface area contributed by atoms with Crippen LogP contribution < -0.4 is 10.1 Å². The van der Waals surface area contributed by atoms with Gasteiger partial charge in [0.05, 0.1) is 24.2 Å². The summed E-state index contributed by atoms with van der Waals surface area (Å²) in [5.41, 5.74) is 0.756. The van der Waals surface area contributed by atoms with Gasteiger partial charge in [0.15, 0.2) is 0 Å². The zero-order valence-electron chi connectivity index (χ0n) is 14.0. The number of aliphatic hydroxyl groups excluding tert-OH is 1. The molecule has 0 radical (unpaired) electrons. The molecule has 0 aromatic heterocycles. The highest BCUT2D eigenvalue weighted by Crippen LogP contribution is 2.32. The maximum absolute atomic E-state index is 12.4. The molecule has 3 rings (SSSR count). The van der Waals surface area contributed by atoms with Gasteiger partial charge in [0.1, 0.15) is 12.3 Å². The third kappa shape index (κ3) is 4.22. The topological polar surface area (TPSA) is 95.9 Å². The molecule has 2 aliphatic rings. The van der Waals surface area contributed by atoms with Crippen molar-refractivity contribution in [3.8, 4) is 5.75 Å². The summed E-state index contributed by atoms with van der Waals surface area (Å²) in [6.07, 6.45) is 1.01. The number of nitrogens with zero attached hydrogens (tertiary/aromatic N) is 1. The molecule has 0 unspecified atom stereocenters. The van der Waals surface area contributed by atoms with Crippen molar-refractivity contribution in [2.24, 2.45) is 0 Å². The van der Waals surface area contributed by atoms with Gasteiger partial charge in [-0.15, -0.1) is 0 Å². The number of hydrogen-bond donors (Lipinski definition) is 2. The summed E-state index contributed by atoms with van der Waals surface area (Å²) in [7, 11) is 1.56. The van der Waals surface area contributed by atoms with E-state index in [1.165, 1.54) is 0 Å². The van der Waals surface area contributed by atoms with Gasteiger partial charge in [-0.1, -0.05) is 12.1 Å². The van der Waals surface area contributed by atoms with E-state index in [1.807, 2.05) is 0 Å². The number of methoxy groups -OCH3 is 1. The molecule has 0 spiro atoms. The van der Waals surface area contributed by atoms with Crippen LogP contribution in [0.3, 0.4) is 0 Å². The molecule has 1 aromatic carbocycles. The van der Waals surface area contributed by atoms with Crippen LogP contribution in [0.1, 0.15) is 5.56 Å². The average molecular weight is 394 g/mol. The SMILES string of the molecule is COc1ccc(/C=C2\SC(=O)N(CC(=O)N[C@@H]3CSC[C@H]3O)C2=O)cc1. The second kappa shape index (κ2) is 8.15. The number of imide groups is 1. The van der Waals surface area contributed by atoms with E-state index in [9.17, 15) is 19.5 Å². The lowest BCUT2D eigenvalue weighted by Crippen LogP contribution is -2.47. The van der Waals surface area contributed by atoms with Gasteiger partial charge < -0.3 is 15.2 Å². The number of aliphatic hydroxyl groups is 1. The van der Waals surface area contributed by atoms with Crippen LogP contribution in [0.5, 0.6) is 5.75 Å². The maximum atomic E-state index is 12.4. The first-order valence-electron chi connectivity index (χ1n) is 7.92. The van der Waals surface area contributed by atoms with E-state index >= 15 is 0 Å². The fraction of sp³-hybridized carbons (Fsp3) is 0.353. The highest BCUT2D eigenvalue weighted by Gasteiger charge is 2.37. The molecule has 2 saturated heterocycles. The van der Waals surface area contributed by atoms with Crippen molar-refractivity contribution in [1.82, 2.24) is 10.2 Å². The molecule has 0 bridgehead atoms. The first-order chi connectivity index (χ1) is 12.5. The number of carbonyl (C=O) groups is 3. The number of hydrogen-bond acceptors (Lipinski definition) is 7. The molecule has 2 N–H and O–H groups in total. The molecule has 2 fully saturated rings. The summed E-state index contributed by atoms with van der Waals surface area (Å²) < 4.78 is 5.08. The van der Waals surface area contributed by atoms with Crippen molar-refractivity contribution in [2.45, 2.75) is 12.1 Å². The van der Waals surface area contributed by atoms with Gasteiger partial charge in [-0.25, -0.2) is 0 Å². The van der Waals surface area contributed by atoms with Crippen LogP contribution in [-0.4, -0.2) is 64.4 Å². The Morgan fingerprint density at radius 2 is 2.08 bits per heavy atom. The molecule has 7 nitrogen and oxygen atoms in total. The Balaban J connectivity index is 1.64. The normalized spacial score (nSPS) is 24.4. The third-order valence-electron chi connectivity index (χ3n) is 3.99. The molecule has 9 heteroatoms. The summed E-state index contributed by atoms with van der Waals surface area (Å²) in [5, 5.41) is 11.9. The van der Waals surface area contributed by atoms with Gasteiger partial charge in [-0.3, -0.25) is 19.3 Å². The van der Waals surface area contributed by atoms with Crippen LogP contribution in [0.25, 0.3) is 6.08 Å². The predicted molar refractivity (Wildman–Crippen MR) is 101 cm³/mol. The zero-order chi connectivity index (χ0) is 18.7. The monoisotopic (exact) mass is 394 g/mol. The Morgan fingerprint density at radius 1 is 1.35 bits per heavy atom. The average Bonchev–Trinajstić information content (AvgIpc) is 3.14. The number of nitrogens with one attached hydrogen (secondary N) is 1. The van der Waals surface area contributed by atoms with Gasteiger partial charge in [0.2, 0.25) is 5.91 Å². The number of benzene rings is 1. The molecule has 2 aliphatic heterocycles. The van der Waals surface area contributed by atoms with E-state index < -0.39 is 23.2 Å². The lowest BCUT2D eigenvalue weighted by Gasteiger charge is -2.18. The van der Waals surface area contributed by atoms with Gasteiger partial charge in [0, 0.05) is 11.5 Å². The van der Waals surface area contributed by atoms with E-state index in [1.54, 1.807) is 49.2 Å². The number of thioether (sulfide) groups is 2. The van der Waals surface area contributed by atoms with E-state index in [2.05, 4.69) is 5.32 Å². The fourth-order valence-corrected chi connectivity index (χ4v) is 4.57. The number of carbonyl (C=O) groups excluding carboxylic acids is 3. The zero-order valence-corrected chi connectivity index (χ0v) is 15.6. The van der Waals surface area contributed by atoms with E-state index in [0.717, 1.165) is 22.2 Å². The second-order valence-electron chi connectivity index (χ2n) is 5.82. The maximum Gasteiger partial charge on any atom is 0.294 e. The first-order valence-corrected chi connectivity index (χ1v) is 9.89. The van der Waals surface area contributed by atoms with Crippen molar-refractivity contribution >= 4 is 46.7 Å². The summed E-state index contributed by atoms with van der Waals surface area (Å²) in [6.45, 7) is -0.349. The molecule has 26 heavy (non-hydrogen) atoms. The Morgan fingerprint density at radius 3 is 2.69 bits per heavy atom. The number of ether oxygens (including phenoxy) is 1. The van der Waals surface area contributed by atoms with Gasteiger partial charge in [-0.2, -0.15) is 11.8 Å². The molecule has 3 amide bonds. The smallest absolute Gasteiger partial charge is 0.294 e. The molecular formula is C17H18N2O5S2. The van der Waals surface area contributed by atoms with Crippen LogP contribution in [-0.2, 0) is 9.59 Å². The highest BCUT2D eigenvalue weighted by molar-refractivity contribution is 8.18. The standard InChI is InChI=1S/C17H18N2O5S2/c1-24-11-4-2-10(3-5-11)6-14-16(22)19(17(23)26-14)7-15(21)18-12-8-25-9-13(12)20/h2-6,12-13,20H,7-9H2,1H3,(H,18,21)/b14-6-/t12-,13-/m1/s1. The predicted octanol–water partition coefficient (Wildman–Crippen LogP) is 1.32. The van der Waals surface area contributed by atoms with E-state index in [4.69, 9.17) is 4.74 Å². The van der Waals surface area contributed by atoms with Gasteiger partial charge >= 0.3 is 0 Å². The Hall–Kier alpha value is -1.97. The van der Waals surface area contributed by atoms with E-state index in [-0.39, 0.29) is 17.5 Å². The van der Waals surface area contributed by atoms with Crippen LogP contribution in [0.4, 0.5) is 4.79 Å². The molecule has 1 aromatic rings. The molecule has 138 valence electrons. The minimum atomic E-state index is -0.603. The Kier molecular flexibility index (Phi) is 5.90. The third-order valence-corrected chi connectivity index (χ3v) is 6.07. The van der Waals surface area contributed by atoms with Crippen molar-refractivity contribution < 1.29 is 24.2 Å². The Bertz CT molecular complexity index is 750. The minimum absolute atomic E-state index is 0.268. The first kappa shape index (κ1) is 18.8. The minimum Gasteiger partial charge on any atom is -0.497 e. The quantitative estimate of drug-likeness (QED) is 0.727. The second-order valence-corrected chi connectivity index (χ2v) is 7.89. The number of amides is 3. The van der Waals surface area contributed by atoms with E-state index in [0.29, 0.717) is 17.3 Å². The van der Waals surface area contributed by atoms with Gasteiger partial charge in [0.25, 0.3) is 11.1 Å². The van der Waals surface area contributed by atoms with Crippen molar-refractivity contribution in [1.29, 1.82) is 0 Å². The molecule has 0 aliphatic carbocycles. The van der Waals surface area contributed by atoms with Crippen molar-refractivity contribution in [2.75, 3.05) is 25.2 Å². The van der Waals surface area contributed by atoms with Crippen LogP contribution in [0.15, 0.2) is 29.2 Å². The molecule has 2 heterocycles. The lowest BCUT2D eigenvalue weighted by atomic mass is 10.2. The van der Waals surface area contributed by atoms with Crippen LogP contribution >= 0.6 is 23.5 Å². The molecule has 2 atom stereocenters. The Labute approximate surface area is 159 Å². The van der Waals surface area contributed by atoms with Crippen LogP contribution in [0, 0.1) is 0 Å². The summed E-state index contributed by atoms with van der Waals surface area (Å²) in [6, 6.07) is 6.72. The molecule has 0 saturated carbocycles. The fourth-order valence-electron chi connectivity index (χ4n) is 2.56. The van der Waals surface area contributed by atoms with Crippen molar-refractivity contribution in [3.63, 3.8) is 0 Å².